The van der Waals surface area contributed by atoms with Gasteiger partial charge < -0.3 is 24.4 Å². The minimum atomic E-state index is -0.343. The molecule has 2 aromatic heterocycles. The summed E-state index contributed by atoms with van der Waals surface area (Å²) in [6.07, 6.45) is 5.34. The number of ether oxygens (including phenoxy) is 3. The maximum absolute atomic E-state index is 13.5. The van der Waals surface area contributed by atoms with Crippen LogP contribution >= 0.6 is 0 Å². The van der Waals surface area contributed by atoms with Gasteiger partial charge in [0.05, 0.1) is 18.3 Å². The molecule has 2 bridgehead atoms. The van der Waals surface area contributed by atoms with Crippen molar-refractivity contribution < 1.29 is 23.8 Å². The topological polar surface area (TPSA) is 118 Å². The smallest absolute Gasteiger partial charge is 0.329 e. The van der Waals surface area contributed by atoms with Crippen LogP contribution in [0.2, 0.25) is 0 Å². The summed E-state index contributed by atoms with van der Waals surface area (Å²) < 4.78 is 17.1. The van der Waals surface area contributed by atoms with E-state index >= 15 is 0 Å². The third kappa shape index (κ3) is 5.94. The van der Waals surface area contributed by atoms with Gasteiger partial charge in [-0.2, -0.15) is 0 Å². The van der Waals surface area contributed by atoms with E-state index in [2.05, 4.69) is 25.5 Å². The first kappa shape index (κ1) is 25.2. The number of carbonyl (C=O) groups excluding carboxylic acids is 2. The van der Waals surface area contributed by atoms with Crippen molar-refractivity contribution in [1.82, 2.24) is 15.3 Å². The van der Waals surface area contributed by atoms with Gasteiger partial charge in [0, 0.05) is 38.0 Å². The van der Waals surface area contributed by atoms with Crippen LogP contribution in [0.3, 0.4) is 0 Å². The number of pyridine rings is 2. The van der Waals surface area contributed by atoms with E-state index in [1.54, 1.807) is 29.3 Å². The molecule has 0 aliphatic carbocycles. The van der Waals surface area contributed by atoms with Gasteiger partial charge in [0.2, 0.25) is 0 Å². The number of fused-ring (bicyclic) bond motifs is 4. The maximum atomic E-state index is 13.5. The van der Waals surface area contributed by atoms with E-state index in [9.17, 15) is 9.59 Å². The standard InChI is InChI=1S/C26H34N6O5/c1-17(2)28-25(33)20-6-7-21-24(29-20)32(18-9-11-31(21)16-18)26(34)30-22-15-19(8-10-27-22)35-13-14-37-23-5-3-4-12-36-23/h6-8,10,15,17-18,23H,3-5,9,11-14,16H2,1-2H3,(H,28,33)(H,27,30,34). The predicted molar refractivity (Wildman–Crippen MR) is 138 cm³/mol. The average Bonchev–Trinajstić information content (AvgIpc) is 3.31. The number of anilines is 3. The van der Waals surface area contributed by atoms with Crippen LogP contribution in [0.15, 0.2) is 30.5 Å². The number of rotatable bonds is 8. The SMILES string of the molecule is CC(C)NC(=O)c1ccc2c(n1)N(C(=O)Nc1cc(OCCOC3CCCCO3)ccn1)C1CCN2C1. The molecule has 2 fully saturated rings. The first-order valence-electron chi connectivity index (χ1n) is 13.0. The molecule has 2 aromatic rings. The largest absolute Gasteiger partial charge is 0.491 e. The molecule has 2 unspecified atom stereocenters. The third-order valence-corrected chi connectivity index (χ3v) is 6.58. The van der Waals surface area contributed by atoms with E-state index < -0.39 is 0 Å². The second-order valence-electron chi connectivity index (χ2n) is 9.75. The lowest BCUT2D eigenvalue weighted by Gasteiger charge is -2.35. The summed E-state index contributed by atoms with van der Waals surface area (Å²) in [5.41, 5.74) is 1.12. The molecular weight excluding hydrogens is 476 g/mol. The van der Waals surface area contributed by atoms with Crippen molar-refractivity contribution in [2.75, 3.05) is 48.0 Å². The van der Waals surface area contributed by atoms with Gasteiger partial charge in [-0.1, -0.05) is 0 Å². The number of aromatic nitrogens is 2. The number of nitrogens with zero attached hydrogens (tertiary/aromatic N) is 4. The zero-order valence-corrected chi connectivity index (χ0v) is 21.3. The predicted octanol–water partition coefficient (Wildman–Crippen LogP) is 3.17. The summed E-state index contributed by atoms with van der Waals surface area (Å²) >= 11 is 0. The maximum Gasteiger partial charge on any atom is 0.329 e. The molecule has 198 valence electrons. The van der Waals surface area contributed by atoms with Crippen molar-refractivity contribution in [3.8, 4) is 5.75 Å². The molecule has 3 amide bonds. The Morgan fingerprint density at radius 3 is 2.89 bits per heavy atom. The Kier molecular flexibility index (Phi) is 7.71. The Labute approximate surface area is 216 Å². The minimum absolute atomic E-state index is 0.0163. The first-order chi connectivity index (χ1) is 18.0. The second kappa shape index (κ2) is 11.3. The highest BCUT2D eigenvalue weighted by Crippen LogP contribution is 2.39. The minimum Gasteiger partial charge on any atom is -0.491 e. The molecule has 0 radical (unpaired) electrons. The molecule has 0 spiro atoms. The van der Waals surface area contributed by atoms with Crippen molar-refractivity contribution in [3.05, 3.63) is 36.2 Å². The van der Waals surface area contributed by atoms with Crippen molar-refractivity contribution in [2.24, 2.45) is 0 Å². The van der Waals surface area contributed by atoms with Crippen LogP contribution in [0.5, 0.6) is 5.75 Å². The van der Waals surface area contributed by atoms with Gasteiger partial charge in [-0.3, -0.25) is 15.0 Å². The van der Waals surface area contributed by atoms with Crippen molar-refractivity contribution >= 4 is 29.3 Å². The molecule has 11 nitrogen and oxygen atoms in total. The summed E-state index contributed by atoms with van der Waals surface area (Å²) in [7, 11) is 0. The molecule has 2 atom stereocenters. The lowest BCUT2D eigenvalue weighted by atomic mass is 10.1. The van der Waals surface area contributed by atoms with Gasteiger partial charge in [0.1, 0.15) is 23.9 Å². The molecule has 2 N–H and O–H groups in total. The number of urea groups is 1. The molecule has 3 aliphatic heterocycles. The van der Waals surface area contributed by atoms with Crippen LogP contribution in [-0.4, -0.2) is 73.2 Å². The number of hydrogen-bond acceptors (Lipinski definition) is 8. The van der Waals surface area contributed by atoms with E-state index in [1.165, 1.54) is 0 Å². The van der Waals surface area contributed by atoms with Crippen LogP contribution in [0.4, 0.5) is 22.1 Å². The highest BCUT2D eigenvalue weighted by molar-refractivity contribution is 6.05. The Balaban J connectivity index is 1.24. The quantitative estimate of drug-likeness (QED) is 0.520. The number of nitrogens with one attached hydrogen (secondary N) is 2. The molecule has 0 aromatic carbocycles. The zero-order chi connectivity index (χ0) is 25.8. The van der Waals surface area contributed by atoms with Crippen LogP contribution in [0.1, 0.15) is 50.0 Å². The third-order valence-electron chi connectivity index (χ3n) is 6.58. The summed E-state index contributed by atoms with van der Waals surface area (Å²) in [5.74, 6) is 1.17. The van der Waals surface area contributed by atoms with E-state index in [1.807, 2.05) is 19.9 Å². The van der Waals surface area contributed by atoms with E-state index in [0.717, 1.165) is 51.1 Å². The Morgan fingerprint density at radius 1 is 1.19 bits per heavy atom. The molecule has 37 heavy (non-hydrogen) atoms. The molecule has 2 saturated heterocycles. The summed E-state index contributed by atoms with van der Waals surface area (Å²) in [5, 5.41) is 5.74. The van der Waals surface area contributed by atoms with Crippen LogP contribution < -0.4 is 25.2 Å². The summed E-state index contributed by atoms with van der Waals surface area (Å²) in [6.45, 7) is 6.85. The van der Waals surface area contributed by atoms with Crippen LogP contribution in [0.25, 0.3) is 0 Å². The molecule has 5 rings (SSSR count). The summed E-state index contributed by atoms with van der Waals surface area (Å²) in [6, 6.07) is 6.59. The fourth-order valence-corrected chi connectivity index (χ4v) is 4.85. The second-order valence-corrected chi connectivity index (χ2v) is 9.75. The van der Waals surface area contributed by atoms with E-state index in [-0.39, 0.29) is 36.0 Å². The van der Waals surface area contributed by atoms with Gasteiger partial charge in [-0.05, 0) is 57.7 Å². The zero-order valence-electron chi connectivity index (χ0n) is 21.3. The monoisotopic (exact) mass is 510 g/mol. The first-order valence-corrected chi connectivity index (χ1v) is 13.0. The number of carbonyl (C=O) groups is 2. The van der Waals surface area contributed by atoms with E-state index in [0.29, 0.717) is 30.6 Å². The van der Waals surface area contributed by atoms with Gasteiger partial charge in [0.15, 0.2) is 12.1 Å². The number of hydrogen-bond donors (Lipinski definition) is 2. The average molecular weight is 511 g/mol. The van der Waals surface area contributed by atoms with Gasteiger partial charge >= 0.3 is 6.03 Å². The Bertz CT molecular complexity index is 1120. The molecule has 11 heteroatoms. The van der Waals surface area contributed by atoms with Crippen molar-refractivity contribution in [2.45, 2.75) is 57.9 Å². The van der Waals surface area contributed by atoms with Gasteiger partial charge in [-0.15, -0.1) is 0 Å². The normalized spacial score (nSPS) is 20.5. The molecule has 3 aliphatic rings. The van der Waals surface area contributed by atoms with Crippen molar-refractivity contribution in [1.29, 1.82) is 0 Å². The van der Waals surface area contributed by atoms with Crippen LogP contribution in [0, 0.1) is 0 Å². The van der Waals surface area contributed by atoms with Gasteiger partial charge in [0.25, 0.3) is 5.91 Å². The summed E-state index contributed by atoms with van der Waals surface area (Å²) in [4.78, 5) is 38.8. The highest BCUT2D eigenvalue weighted by atomic mass is 16.7. The van der Waals surface area contributed by atoms with Gasteiger partial charge in [-0.25, -0.2) is 14.8 Å². The van der Waals surface area contributed by atoms with Crippen LogP contribution in [-0.2, 0) is 9.47 Å². The Morgan fingerprint density at radius 2 is 2.08 bits per heavy atom. The fraction of sp³-hybridized carbons (Fsp3) is 0.538. The molecular formula is C26H34N6O5. The highest BCUT2D eigenvalue weighted by Gasteiger charge is 2.40. The lowest BCUT2D eigenvalue weighted by Crippen LogP contribution is -2.48. The fourth-order valence-electron chi connectivity index (χ4n) is 4.85. The number of amides is 3. The molecule has 0 saturated carbocycles. The lowest BCUT2D eigenvalue weighted by molar-refractivity contribution is -0.165. The van der Waals surface area contributed by atoms with E-state index in [4.69, 9.17) is 14.2 Å². The molecule has 5 heterocycles. The Hall–Kier alpha value is -3.44. The van der Waals surface area contributed by atoms with Crippen molar-refractivity contribution in [3.63, 3.8) is 0 Å².